The Morgan fingerprint density at radius 1 is 1.33 bits per heavy atom. The van der Waals surface area contributed by atoms with Crippen LogP contribution in [-0.2, 0) is 13.0 Å². The Morgan fingerprint density at radius 3 is 2.76 bits per heavy atom. The van der Waals surface area contributed by atoms with Gasteiger partial charge in [-0.15, -0.1) is 22.9 Å². The molecule has 3 nitrogen and oxygen atoms in total. The number of fused-ring (bicyclic) bond motifs is 1. The first-order valence-corrected chi connectivity index (χ1v) is 8.38. The van der Waals surface area contributed by atoms with Gasteiger partial charge in [0.15, 0.2) is 5.65 Å². The minimum atomic E-state index is -0.134. The number of thiophene rings is 1. The standard InChI is InChI=1S/C16H18ClN3S/c1-4-12-5-6-13(21-12)9-20-15(11(3)17)19-14-7-10(2)8-18-16(14)20/h5-8,11H,4,9H2,1-3H3. The molecule has 5 heteroatoms. The third-order valence-electron chi connectivity index (χ3n) is 3.49. The number of aromatic nitrogens is 3. The van der Waals surface area contributed by atoms with Crippen molar-refractivity contribution in [3.63, 3.8) is 0 Å². The summed E-state index contributed by atoms with van der Waals surface area (Å²) in [5.41, 5.74) is 2.95. The number of imidazole rings is 1. The maximum atomic E-state index is 6.31. The Bertz CT molecular complexity index is 773. The average molecular weight is 320 g/mol. The van der Waals surface area contributed by atoms with Crippen LogP contribution in [-0.4, -0.2) is 14.5 Å². The van der Waals surface area contributed by atoms with E-state index in [0.717, 1.165) is 35.5 Å². The predicted molar refractivity (Wildman–Crippen MR) is 89.3 cm³/mol. The molecule has 1 atom stereocenters. The van der Waals surface area contributed by atoms with Gasteiger partial charge in [-0.05, 0) is 44.0 Å². The highest BCUT2D eigenvalue weighted by Gasteiger charge is 2.16. The Kier molecular flexibility index (Phi) is 4.00. The molecule has 3 rings (SSSR count). The van der Waals surface area contributed by atoms with E-state index in [1.807, 2.05) is 31.4 Å². The number of hydrogen-bond acceptors (Lipinski definition) is 3. The van der Waals surface area contributed by atoms with Crippen molar-refractivity contribution >= 4 is 34.1 Å². The molecule has 0 fully saturated rings. The van der Waals surface area contributed by atoms with Crippen LogP contribution in [0.5, 0.6) is 0 Å². The van der Waals surface area contributed by atoms with Crippen molar-refractivity contribution in [1.29, 1.82) is 0 Å². The van der Waals surface area contributed by atoms with Crippen LogP contribution >= 0.6 is 22.9 Å². The number of nitrogens with zero attached hydrogens (tertiary/aromatic N) is 3. The summed E-state index contributed by atoms with van der Waals surface area (Å²) in [6.45, 7) is 6.95. The molecule has 0 bridgehead atoms. The molecule has 3 heterocycles. The summed E-state index contributed by atoms with van der Waals surface area (Å²) in [6, 6.07) is 6.44. The van der Waals surface area contributed by atoms with E-state index < -0.39 is 0 Å². The summed E-state index contributed by atoms with van der Waals surface area (Å²) in [5, 5.41) is -0.134. The topological polar surface area (TPSA) is 30.7 Å². The third-order valence-corrected chi connectivity index (χ3v) is 4.90. The fraction of sp³-hybridized carbons (Fsp3) is 0.375. The zero-order chi connectivity index (χ0) is 15.0. The first kappa shape index (κ1) is 14.5. The molecule has 0 radical (unpaired) electrons. The third kappa shape index (κ3) is 2.83. The summed E-state index contributed by atoms with van der Waals surface area (Å²) >= 11 is 8.15. The molecular weight excluding hydrogens is 302 g/mol. The van der Waals surface area contributed by atoms with E-state index in [9.17, 15) is 0 Å². The second-order valence-corrected chi connectivity index (χ2v) is 7.16. The largest absolute Gasteiger partial charge is 0.306 e. The number of halogens is 1. The molecule has 21 heavy (non-hydrogen) atoms. The average Bonchev–Trinajstić information content (AvgIpc) is 3.04. The van der Waals surface area contributed by atoms with Gasteiger partial charge in [-0.1, -0.05) is 6.92 Å². The summed E-state index contributed by atoms with van der Waals surface area (Å²) in [7, 11) is 0. The lowest BCUT2D eigenvalue weighted by molar-refractivity contribution is 0.744. The Hall–Kier alpha value is -1.39. The molecule has 0 saturated heterocycles. The van der Waals surface area contributed by atoms with Gasteiger partial charge in [0, 0.05) is 16.0 Å². The molecule has 0 spiro atoms. The number of pyridine rings is 1. The van der Waals surface area contributed by atoms with Crippen LogP contribution in [0.4, 0.5) is 0 Å². The quantitative estimate of drug-likeness (QED) is 0.652. The van der Waals surface area contributed by atoms with Crippen LogP contribution in [0.25, 0.3) is 11.2 Å². The van der Waals surface area contributed by atoms with Gasteiger partial charge in [0.1, 0.15) is 11.3 Å². The van der Waals surface area contributed by atoms with E-state index in [4.69, 9.17) is 11.6 Å². The van der Waals surface area contributed by atoms with Gasteiger partial charge in [0.2, 0.25) is 0 Å². The molecule has 0 saturated carbocycles. The summed E-state index contributed by atoms with van der Waals surface area (Å²) in [5.74, 6) is 0.885. The van der Waals surface area contributed by atoms with E-state index in [0.29, 0.717) is 0 Å². The monoisotopic (exact) mass is 319 g/mol. The number of hydrogen-bond donors (Lipinski definition) is 0. The molecule has 110 valence electrons. The first-order valence-electron chi connectivity index (χ1n) is 7.13. The molecule has 0 amide bonds. The summed E-state index contributed by atoms with van der Waals surface area (Å²) < 4.78 is 2.14. The molecular formula is C16H18ClN3S. The molecule has 3 aromatic rings. The zero-order valence-corrected chi connectivity index (χ0v) is 14.0. The molecule has 0 aliphatic heterocycles. The van der Waals surface area contributed by atoms with Crippen LogP contribution < -0.4 is 0 Å². The van der Waals surface area contributed by atoms with E-state index in [-0.39, 0.29) is 5.38 Å². The maximum Gasteiger partial charge on any atom is 0.160 e. The van der Waals surface area contributed by atoms with Crippen molar-refractivity contribution in [2.24, 2.45) is 0 Å². The van der Waals surface area contributed by atoms with E-state index >= 15 is 0 Å². The highest BCUT2D eigenvalue weighted by atomic mass is 35.5. The lowest BCUT2D eigenvalue weighted by Crippen LogP contribution is -2.05. The highest BCUT2D eigenvalue weighted by Crippen LogP contribution is 2.26. The van der Waals surface area contributed by atoms with Crippen LogP contribution in [0.1, 0.15) is 40.4 Å². The summed E-state index contributed by atoms with van der Waals surface area (Å²) in [6.07, 6.45) is 2.96. The lowest BCUT2D eigenvalue weighted by Gasteiger charge is -2.08. The first-order chi connectivity index (χ1) is 10.1. The Labute approximate surface area is 133 Å². The normalized spacial score (nSPS) is 13.0. The van der Waals surface area contributed by atoms with Crippen LogP contribution in [0.3, 0.4) is 0 Å². The Morgan fingerprint density at radius 2 is 2.10 bits per heavy atom. The van der Waals surface area contributed by atoms with Gasteiger partial charge < -0.3 is 4.57 Å². The van der Waals surface area contributed by atoms with Crippen molar-refractivity contribution in [2.45, 2.75) is 39.1 Å². The second kappa shape index (κ2) is 5.78. The van der Waals surface area contributed by atoms with Crippen molar-refractivity contribution in [3.8, 4) is 0 Å². The van der Waals surface area contributed by atoms with Gasteiger partial charge in [0.05, 0.1) is 11.9 Å². The molecule has 0 N–H and O–H groups in total. The minimum Gasteiger partial charge on any atom is -0.306 e. The Balaban J connectivity index is 2.08. The van der Waals surface area contributed by atoms with Crippen LogP contribution in [0.15, 0.2) is 24.4 Å². The van der Waals surface area contributed by atoms with Crippen molar-refractivity contribution < 1.29 is 0 Å². The smallest absolute Gasteiger partial charge is 0.160 e. The van der Waals surface area contributed by atoms with Crippen molar-refractivity contribution in [3.05, 3.63) is 45.5 Å². The highest BCUT2D eigenvalue weighted by molar-refractivity contribution is 7.11. The molecule has 0 aromatic carbocycles. The van der Waals surface area contributed by atoms with Gasteiger partial charge in [-0.3, -0.25) is 0 Å². The number of alkyl halides is 1. The zero-order valence-electron chi connectivity index (χ0n) is 12.4. The second-order valence-electron chi connectivity index (χ2n) is 5.25. The van der Waals surface area contributed by atoms with Crippen LogP contribution in [0, 0.1) is 6.92 Å². The molecule has 3 aromatic heterocycles. The predicted octanol–water partition coefficient (Wildman–Crippen LogP) is 4.71. The van der Waals surface area contributed by atoms with Crippen molar-refractivity contribution in [2.75, 3.05) is 0 Å². The van der Waals surface area contributed by atoms with Gasteiger partial charge in [0.25, 0.3) is 0 Å². The summed E-state index contributed by atoms with van der Waals surface area (Å²) in [4.78, 5) is 11.9. The van der Waals surface area contributed by atoms with Gasteiger partial charge in [-0.25, -0.2) is 9.97 Å². The van der Waals surface area contributed by atoms with Crippen LogP contribution in [0.2, 0.25) is 0 Å². The minimum absolute atomic E-state index is 0.134. The van der Waals surface area contributed by atoms with Gasteiger partial charge >= 0.3 is 0 Å². The van der Waals surface area contributed by atoms with E-state index in [1.165, 1.54) is 9.75 Å². The molecule has 1 unspecified atom stereocenters. The fourth-order valence-electron chi connectivity index (χ4n) is 2.44. The number of aryl methyl sites for hydroxylation is 2. The van der Waals surface area contributed by atoms with E-state index in [1.54, 1.807) is 0 Å². The maximum absolute atomic E-state index is 6.31. The lowest BCUT2D eigenvalue weighted by atomic mass is 10.3. The SMILES string of the molecule is CCc1ccc(Cn2c(C(C)Cl)nc3cc(C)cnc32)s1. The van der Waals surface area contributed by atoms with E-state index in [2.05, 4.69) is 39.7 Å². The fourth-order valence-corrected chi connectivity index (χ4v) is 3.56. The molecule has 0 aliphatic carbocycles. The molecule has 0 aliphatic rings. The number of rotatable bonds is 4. The van der Waals surface area contributed by atoms with Crippen molar-refractivity contribution in [1.82, 2.24) is 14.5 Å². The van der Waals surface area contributed by atoms with Gasteiger partial charge in [-0.2, -0.15) is 0 Å².